The van der Waals surface area contributed by atoms with Gasteiger partial charge in [-0.3, -0.25) is 4.90 Å². The van der Waals surface area contributed by atoms with Crippen molar-refractivity contribution in [1.29, 1.82) is 0 Å². The molecule has 1 heterocycles. The van der Waals surface area contributed by atoms with E-state index < -0.39 is 0 Å². The highest BCUT2D eigenvalue weighted by atomic mass is 32.2. The highest BCUT2D eigenvalue weighted by Crippen LogP contribution is 2.18. The molecule has 1 aliphatic rings. The number of rotatable bonds is 5. The monoisotopic (exact) mass is 244 g/mol. The summed E-state index contributed by atoms with van der Waals surface area (Å²) >= 11 is 1.96. The molecular weight excluding hydrogens is 216 g/mol. The molecule has 1 N–H and O–H groups in total. The molecule has 0 aromatic carbocycles. The van der Waals surface area contributed by atoms with Gasteiger partial charge in [0, 0.05) is 18.1 Å². The molecule has 3 heteroatoms. The van der Waals surface area contributed by atoms with Gasteiger partial charge in [-0.2, -0.15) is 11.8 Å². The van der Waals surface area contributed by atoms with Crippen molar-refractivity contribution in [3.05, 3.63) is 0 Å². The van der Waals surface area contributed by atoms with E-state index in [4.69, 9.17) is 0 Å². The Morgan fingerprint density at radius 3 is 2.88 bits per heavy atom. The van der Waals surface area contributed by atoms with Crippen LogP contribution in [0.2, 0.25) is 0 Å². The summed E-state index contributed by atoms with van der Waals surface area (Å²) in [5.41, 5.74) is 0.324. The highest BCUT2D eigenvalue weighted by molar-refractivity contribution is 7.98. The highest BCUT2D eigenvalue weighted by Gasteiger charge is 2.28. The maximum absolute atomic E-state index is 3.70. The van der Waals surface area contributed by atoms with Crippen molar-refractivity contribution in [2.45, 2.75) is 51.6 Å². The average molecular weight is 244 g/mol. The normalized spacial score (nSPS) is 30.0. The van der Waals surface area contributed by atoms with Crippen molar-refractivity contribution >= 4 is 11.8 Å². The molecule has 2 unspecified atom stereocenters. The lowest BCUT2D eigenvalue weighted by atomic mass is 9.98. The molecule has 0 aromatic rings. The maximum Gasteiger partial charge on any atom is 0.0277 e. The predicted octanol–water partition coefficient (Wildman–Crippen LogP) is 2.59. The van der Waals surface area contributed by atoms with E-state index in [1.807, 2.05) is 11.8 Å². The molecule has 0 saturated carbocycles. The first-order chi connectivity index (χ1) is 7.61. The van der Waals surface area contributed by atoms with Gasteiger partial charge in [0.2, 0.25) is 0 Å². The second kappa shape index (κ2) is 6.87. The Balaban J connectivity index is 2.50. The molecular formula is C13H28N2S. The third-order valence-electron chi connectivity index (χ3n) is 3.87. The minimum Gasteiger partial charge on any atom is -0.310 e. The molecule has 96 valence electrons. The zero-order chi connectivity index (χ0) is 12.0. The Morgan fingerprint density at radius 1 is 1.50 bits per heavy atom. The standard InChI is InChI=1S/C13H28N2S/c1-5-13(3)11-15(9-6-8-14-13)12(2)7-10-16-4/h12,14H,5-11H2,1-4H3. The van der Waals surface area contributed by atoms with Gasteiger partial charge in [0.05, 0.1) is 0 Å². The van der Waals surface area contributed by atoms with E-state index in [1.165, 1.54) is 44.6 Å². The molecule has 1 rings (SSSR count). The van der Waals surface area contributed by atoms with Gasteiger partial charge in [0.1, 0.15) is 0 Å². The average Bonchev–Trinajstić information content (AvgIpc) is 2.49. The van der Waals surface area contributed by atoms with Crippen LogP contribution in [-0.4, -0.2) is 48.1 Å². The van der Waals surface area contributed by atoms with Gasteiger partial charge in [-0.1, -0.05) is 6.92 Å². The Morgan fingerprint density at radius 2 is 2.25 bits per heavy atom. The molecule has 0 amide bonds. The first kappa shape index (κ1) is 14.3. The van der Waals surface area contributed by atoms with Crippen LogP contribution in [-0.2, 0) is 0 Å². The number of thioether (sulfide) groups is 1. The third kappa shape index (κ3) is 4.27. The second-order valence-electron chi connectivity index (χ2n) is 5.30. The molecule has 0 aliphatic carbocycles. The van der Waals surface area contributed by atoms with E-state index in [1.54, 1.807) is 0 Å². The van der Waals surface area contributed by atoms with Crippen LogP contribution in [0.15, 0.2) is 0 Å². The van der Waals surface area contributed by atoms with E-state index in [-0.39, 0.29) is 0 Å². The largest absolute Gasteiger partial charge is 0.310 e. The van der Waals surface area contributed by atoms with Gasteiger partial charge < -0.3 is 5.32 Å². The summed E-state index contributed by atoms with van der Waals surface area (Å²) in [6, 6.07) is 0.734. The van der Waals surface area contributed by atoms with Crippen LogP contribution in [0.3, 0.4) is 0 Å². The van der Waals surface area contributed by atoms with Crippen LogP contribution in [0.4, 0.5) is 0 Å². The van der Waals surface area contributed by atoms with Crippen LogP contribution in [0.5, 0.6) is 0 Å². The van der Waals surface area contributed by atoms with E-state index in [0.29, 0.717) is 5.54 Å². The van der Waals surface area contributed by atoms with Crippen LogP contribution in [0, 0.1) is 0 Å². The van der Waals surface area contributed by atoms with Gasteiger partial charge in [-0.15, -0.1) is 0 Å². The number of nitrogens with one attached hydrogen (secondary N) is 1. The van der Waals surface area contributed by atoms with E-state index in [2.05, 4.69) is 37.2 Å². The molecule has 2 nitrogen and oxygen atoms in total. The Kier molecular flexibility index (Phi) is 6.16. The number of hydrogen-bond acceptors (Lipinski definition) is 3. The first-order valence-electron chi connectivity index (χ1n) is 6.59. The molecule has 0 aromatic heterocycles. The summed E-state index contributed by atoms with van der Waals surface area (Å²) in [5, 5.41) is 3.70. The SMILES string of the molecule is CCC1(C)CN(C(C)CCSC)CCCN1. The van der Waals surface area contributed by atoms with Gasteiger partial charge in [0.25, 0.3) is 0 Å². The smallest absolute Gasteiger partial charge is 0.0277 e. The lowest BCUT2D eigenvalue weighted by molar-refractivity contribution is 0.166. The first-order valence-corrected chi connectivity index (χ1v) is 7.98. The summed E-state index contributed by atoms with van der Waals surface area (Å²) in [4.78, 5) is 2.68. The minimum atomic E-state index is 0.324. The van der Waals surface area contributed by atoms with Gasteiger partial charge in [0.15, 0.2) is 0 Å². The third-order valence-corrected chi connectivity index (χ3v) is 4.51. The fourth-order valence-electron chi connectivity index (χ4n) is 2.34. The predicted molar refractivity (Wildman–Crippen MR) is 75.3 cm³/mol. The summed E-state index contributed by atoms with van der Waals surface area (Å²) in [5.74, 6) is 1.29. The van der Waals surface area contributed by atoms with Crippen LogP contribution in [0.1, 0.15) is 40.0 Å². The summed E-state index contributed by atoms with van der Waals surface area (Å²) in [6.07, 6.45) is 6.03. The lowest BCUT2D eigenvalue weighted by Gasteiger charge is -2.36. The van der Waals surface area contributed by atoms with E-state index in [9.17, 15) is 0 Å². The zero-order valence-electron chi connectivity index (χ0n) is 11.4. The Bertz CT molecular complexity index is 198. The quantitative estimate of drug-likeness (QED) is 0.800. The van der Waals surface area contributed by atoms with Gasteiger partial charge in [-0.05, 0) is 58.2 Å². The summed E-state index contributed by atoms with van der Waals surface area (Å²) in [6.45, 7) is 10.7. The van der Waals surface area contributed by atoms with Crippen molar-refractivity contribution in [1.82, 2.24) is 10.2 Å². The van der Waals surface area contributed by atoms with Crippen molar-refractivity contribution in [3.63, 3.8) is 0 Å². The van der Waals surface area contributed by atoms with Crippen LogP contribution in [0.25, 0.3) is 0 Å². The number of nitrogens with zero attached hydrogens (tertiary/aromatic N) is 1. The molecule has 0 radical (unpaired) electrons. The summed E-state index contributed by atoms with van der Waals surface area (Å²) < 4.78 is 0. The van der Waals surface area contributed by atoms with Crippen molar-refractivity contribution in [2.24, 2.45) is 0 Å². The molecule has 1 aliphatic heterocycles. The van der Waals surface area contributed by atoms with Gasteiger partial charge in [-0.25, -0.2) is 0 Å². The Hall–Kier alpha value is 0.270. The topological polar surface area (TPSA) is 15.3 Å². The van der Waals surface area contributed by atoms with Crippen molar-refractivity contribution in [2.75, 3.05) is 31.6 Å². The molecule has 0 spiro atoms. The molecule has 1 fully saturated rings. The lowest BCUT2D eigenvalue weighted by Crippen LogP contribution is -2.50. The minimum absolute atomic E-state index is 0.324. The molecule has 2 atom stereocenters. The molecule has 16 heavy (non-hydrogen) atoms. The van der Waals surface area contributed by atoms with E-state index >= 15 is 0 Å². The fraction of sp³-hybridized carbons (Fsp3) is 1.00. The van der Waals surface area contributed by atoms with Crippen LogP contribution < -0.4 is 5.32 Å². The number of hydrogen-bond donors (Lipinski definition) is 1. The Labute approximate surface area is 106 Å². The van der Waals surface area contributed by atoms with Crippen molar-refractivity contribution < 1.29 is 0 Å². The molecule has 0 bridgehead atoms. The van der Waals surface area contributed by atoms with Gasteiger partial charge >= 0.3 is 0 Å². The van der Waals surface area contributed by atoms with Crippen LogP contribution >= 0.6 is 11.8 Å². The van der Waals surface area contributed by atoms with E-state index in [0.717, 1.165) is 6.04 Å². The second-order valence-corrected chi connectivity index (χ2v) is 6.28. The molecule has 1 saturated heterocycles. The maximum atomic E-state index is 3.70. The van der Waals surface area contributed by atoms with Crippen molar-refractivity contribution in [3.8, 4) is 0 Å². The zero-order valence-corrected chi connectivity index (χ0v) is 12.2. The summed E-state index contributed by atoms with van der Waals surface area (Å²) in [7, 11) is 0. The fourth-order valence-corrected chi connectivity index (χ4v) is 2.92.